The van der Waals surface area contributed by atoms with Crippen LogP contribution in [0.4, 0.5) is 5.69 Å². The Kier molecular flexibility index (Phi) is 5.55. The maximum Gasteiger partial charge on any atom is 0.264 e. The molecular formula is C16H18N2O5S. The molecule has 0 fully saturated rings. The fourth-order valence-electron chi connectivity index (χ4n) is 1.84. The summed E-state index contributed by atoms with van der Waals surface area (Å²) >= 11 is 0. The van der Waals surface area contributed by atoms with Gasteiger partial charge >= 0.3 is 0 Å². The van der Waals surface area contributed by atoms with Crippen LogP contribution in [0.3, 0.4) is 0 Å². The van der Waals surface area contributed by atoms with Crippen molar-refractivity contribution in [1.29, 1.82) is 0 Å². The molecule has 0 unspecified atom stereocenters. The van der Waals surface area contributed by atoms with Crippen LogP contribution in [0.15, 0.2) is 51.8 Å². The second kappa shape index (κ2) is 7.43. The summed E-state index contributed by atoms with van der Waals surface area (Å²) in [5, 5.41) is 2.63. The number of carbonyl (C=O) groups is 1. The molecule has 0 radical (unpaired) electrons. The first-order valence-corrected chi connectivity index (χ1v) is 8.45. The van der Waals surface area contributed by atoms with Gasteiger partial charge in [-0.05, 0) is 49.4 Å². The highest BCUT2D eigenvalue weighted by Crippen LogP contribution is 2.17. The highest BCUT2D eigenvalue weighted by atomic mass is 32.2. The first-order chi connectivity index (χ1) is 11.3. The molecule has 0 spiro atoms. The van der Waals surface area contributed by atoms with E-state index in [2.05, 4.69) is 5.32 Å². The molecule has 2 rings (SSSR count). The molecule has 1 amide bonds. The molecule has 1 heterocycles. The molecule has 0 aliphatic rings. The molecule has 128 valence electrons. The molecule has 0 aliphatic carbocycles. The van der Waals surface area contributed by atoms with Crippen molar-refractivity contribution in [1.82, 2.24) is 4.47 Å². The number of sulfonamides is 1. The minimum atomic E-state index is -3.71. The standard InChI is InChI=1S/C16H18N2O5S/c1-12-4-7-14(23-12)8-11-16(19)17-13-5-9-15(10-6-13)24(20,21)18(2)22-3/h4-11H,1-3H3,(H,17,19)/b11-8+. The molecule has 0 saturated heterocycles. The number of amides is 1. The number of hydrogen-bond donors (Lipinski definition) is 1. The number of hydrogen-bond acceptors (Lipinski definition) is 5. The van der Waals surface area contributed by atoms with Gasteiger partial charge in [0.1, 0.15) is 11.5 Å². The molecule has 7 nitrogen and oxygen atoms in total. The Labute approximate surface area is 140 Å². The average Bonchev–Trinajstić information content (AvgIpc) is 2.98. The summed E-state index contributed by atoms with van der Waals surface area (Å²) in [5.74, 6) is 0.980. The average molecular weight is 350 g/mol. The van der Waals surface area contributed by atoms with E-state index in [1.807, 2.05) is 6.92 Å². The Hall–Kier alpha value is -2.42. The molecule has 0 atom stereocenters. The van der Waals surface area contributed by atoms with Gasteiger partial charge in [0.25, 0.3) is 10.0 Å². The Bertz CT molecular complexity index is 838. The SMILES string of the molecule is CON(C)S(=O)(=O)c1ccc(NC(=O)/C=C/c2ccc(C)o2)cc1. The van der Waals surface area contributed by atoms with Gasteiger partial charge in [-0.3, -0.25) is 9.63 Å². The second-order valence-electron chi connectivity index (χ2n) is 4.89. The third-order valence-electron chi connectivity index (χ3n) is 3.18. The van der Waals surface area contributed by atoms with Crippen LogP contribution in [-0.4, -0.2) is 33.0 Å². The fraction of sp³-hybridized carbons (Fsp3) is 0.188. The zero-order chi connectivity index (χ0) is 17.7. The Morgan fingerprint density at radius 3 is 2.42 bits per heavy atom. The summed E-state index contributed by atoms with van der Waals surface area (Å²) in [7, 11) is -1.15. The lowest BCUT2D eigenvalue weighted by molar-refractivity contribution is -0.111. The largest absolute Gasteiger partial charge is 0.462 e. The number of rotatable bonds is 6. The van der Waals surface area contributed by atoms with Crippen LogP contribution in [0.2, 0.25) is 0 Å². The van der Waals surface area contributed by atoms with Crippen molar-refractivity contribution >= 4 is 27.7 Å². The van der Waals surface area contributed by atoms with Gasteiger partial charge < -0.3 is 9.73 Å². The molecule has 1 aromatic heterocycles. The van der Waals surface area contributed by atoms with Crippen LogP contribution in [0.5, 0.6) is 0 Å². The highest BCUT2D eigenvalue weighted by Gasteiger charge is 2.20. The van der Waals surface area contributed by atoms with Crippen LogP contribution >= 0.6 is 0 Å². The summed E-state index contributed by atoms with van der Waals surface area (Å²) in [5.41, 5.74) is 0.472. The van der Waals surface area contributed by atoms with Crippen molar-refractivity contribution < 1.29 is 22.5 Å². The molecule has 24 heavy (non-hydrogen) atoms. The lowest BCUT2D eigenvalue weighted by Gasteiger charge is -2.14. The van der Waals surface area contributed by atoms with Gasteiger partial charge in [0.2, 0.25) is 5.91 Å². The van der Waals surface area contributed by atoms with E-state index in [0.29, 0.717) is 11.4 Å². The molecule has 1 aromatic carbocycles. The van der Waals surface area contributed by atoms with Crippen molar-refractivity contribution in [3.8, 4) is 0 Å². The third-order valence-corrected chi connectivity index (χ3v) is 4.87. The Balaban J connectivity index is 2.03. The van der Waals surface area contributed by atoms with Gasteiger partial charge in [-0.15, -0.1) is 0 Å². The summed E-state index contributed by atoms with van der Waals surface area (Å²) in [4.78, 5) is 16.6. The van der Waals surface area contributed by atoms with E-state index in [1.165, 1.54) is 44.5 Å². The predicted molar refractivity (Wildman–Crippen MR) is 89.5 cm³/mol. The van der Waals surface area contributed by atoms with E-state index in [4.69, 9.17) is 9.25 Å². The van der Waals surface area contributed by atoms with E-state index in [1.54, 1.807) is 18.2 Å². The lowest BCUT2D eigenvalue weighted by Crippen LogP contribution is -2.25. The zero-order valence-electron chi connectivity index (χ0n) is 13.5. The Morgan fingerprint density at radius 1 is 1.21 bits per heavy atom. The maximum absolute atomic E-state index is 12.1. The molecule has 1 N–H and O–H groups in total. The number of benzene rings is 1. The van der Waals surface area contributed by atoms with E-state index < -0.39 is 10.0 Å². The van der Waals surface area contributed by atoms with Crippen molar-refractivity contribution in [2.75, 3.05) is 19.5 Å². The van der Waals surface area contributed by atoms with Gasteiger partial charge in [-0.1, -0.05) is 4.47 Å². The third kappa shape index (κ3) is 4.31. The van der Waals surface area contributed by atoms with Crippen LogP contribution in [0, 0.1) is 6.92 Å². The molecule has 0 bridgehead atoms. The second-order valence-corrected chi connectivity index (χ2v) is 6.83. The first-order valence-electron chi connectivity index (χ1n) is 7.01. The zero-order valence-corrected chi connectivity index (χ0v) is 14.3. The first kappa shape index (κ1) is 17.9. The van der Waals surface area contributed by atoms with Crippen LogP contribution < -0.4 is 5.32 Å². The van der Waals surface area contributed by atoms with Gasteiger partial charge in [-0.25, -0.2) is 8.42 Å². The van der Waals surface area contributed by atoms with E-state index in [0.717, 1.165) is 10.2 Å². The minimum Gasteiger partial charge on any atom is -0.462 e. The van der Waals surface area contributed by atoms with Crippen LogP contribution in [0.25, 0.3) is 6.08 Å². The fourth-order valence-corrected chi connectivity index (χ4v) is 2.81. The lowest BCUT2D eigenvalue weighted by atomic mass is 10.3. The summed E-state index contributed by atoms with van der Waals surface area (Å²) < 4.78 is 30.2. The quantitative estimate of drug-likeness (QED) is 0.638. The minimum absolute atomic E-state index is 0.0615. The van der Waals surface area contributed by atoms with E-state index in [-0.39, 0.29) is 10.8 Å². The number of hydroxylamine groups is 1. The molecule has 0 aliphatic heterocycles. The van der Waals surface area contributed by atoms with E-state index in [9.17, 15) is 13.2 Å². The van der Waals surface area contributed by atoms with Crippen LogP contribution in [0.1, 0.15) is 11.5 Å². The molecule has 0 saturated carbocycles. The van der Waals surface area contributed by atoms with Gasteiger partial charge in [0, 0.05) is 18.8 Å². The topological polar surface area (TPSA) is 88.9 Å². The predicted octanol–water partition coefficient (Wildman–Crippen LogP) is 2.42. The number of carbonyl (C=O) groups excluding carboxylic acids is 1. The van der Waals surface area contributed by atoms with E-state index >= 15 is 0 Å². The monoisotopic (exact) mass is 350 g/mol. The Morgan fingerprint density at radius 2 is 1.88 bits per heavy atom. The van der Waals surface area contributed by atoms with Crippen molar-refractivity contribution in [3.63, 3.8) is 0 Å². The number of anilines is 1. The van der Waals surface area contributed by atoms with Crippen LogP contribution in [-0.2, 0) is 19.7 Å². The molecule has 2 aromatic rings. The number of nitrogens with zero attached hydrogens (tertiary/aromatic N) is 1. The highest BCUT2D eigenvalue weighted by molar-refractivity contribution is 7.89. The van der Waals surface area contributed by atoms with Crippen molar-refractivity contribution in [2.24, 2.45) is 0 Å². The van der Waals surface area contributed by atoms with Crippen molar-refractivity contribution in [3.05, 3.63) is 54.0 Å². The normalized spacial score (nSPS) is 12.0. The van der Waals surface area contributed by atoms with Gasteiger partial charge in [0.15, 0.2) is 0 Å². The van der Waals surface area contributed by atoms with Crippen molar-refractivity contribution in [2.45, 2.75) is 11.8 Å². The molecular weight excluding hydrogens is 332 g/mol. The summed E-state index contributed by atoms with van der Waals surface area (Å²) in [6.07, 6.45) is 2.89. The number of furan rings is 1. The molecule has 8 heteroatoms. The van der Waals surface area contributed by atoms with Gasteiger partial charge in [-0.2, -0.15) is 0 Å². The summed E-state index contributed by atoms with van der Waals surface area (Å²) in [6, 6.07) is 9.33. The number of aryl methyl sites for hydroxylation is 1. The summed E-state index contributed by atoms with van der Waals surface area (Å²) in [6.45, 7) is 1.81. The maximum atomic E-state index is 12.1. The van der Waals surface area contributed by atoms with Gasteiger partial charge in [0.05, 0.1) is 12.0 Å². The smallest absolute Gasteiger partial charge is 0.264 e. The number of nitrogens with one attached hydrogen (secondary N) is 1.